The van der Waals surface area contributed by atoms with Crippen molar-refractivity contribution < 1.29 is 4.39 Å². The van der Waals surface area contributed by atoms with E-state index >= 15 is 0 Å². The van der Waals surface area contributed by atoms with Gasteiger partial charge in [-0.25, -0.2) is 4.39 Å². The maximum atomic E-state index is 13.5. The van der Waals surface area contributed by atoms with Crippen molar-refractivity contribution in [2.75, 3.05) is 5.32 Å². The van der Waals surface area contributed by atoms with Crippen molar-refractivity contribution >= 4 is 5.69 Å². The van der Waals surface area contributed by atoms with E-state index in [2.05, 4.69) is 11.4 Å². The van der Waals surface area contributed by atoms with Gasteiger partial charge in [-0.1, -0.05) is 42.0 Å². The van der Waals surface area contributed by atoms with Gasteiger partial charge in [0, 0.05) is 0 Å². The molecule has 0 spiro atoms. The number of nitrogens with zero attached hydrogens (tertiary/aromatic N) is 1. The number of nitrogens with one attached hydrogen (secondary N) is 1. The van der Waals surface area contributed by atoms with Crippen LogP contribution in [0.1, 0.15) is 17.2 Å². The third kappa shape index (κ3) is 2.67. The van der Waals surface area contributed by atoms with Gasteiger partial charge in [0.25, 0.3) is 0 Å². The molecular weight excluding hydrogens is 227 g/mol. The molecule has 3 heteroatoms. The lowest BCUT2D eigenvalue weighted by Crippen LogP contribution is -2.09. The molecule has 0 fully saturated rings. The van der Waals surface area contributed by atoms with Crippen LogP contribution < -0.4 is 5.32 Å². The van der Waals surface area contributed by atoms with Crippen LogP contribution in [0.2, 0.25) is 0 Å². The second kappa shape index (κ2) is 5.33. The van der Waals surface area contributed by atoms with E-state index in [0.717, 1.165) is 11.1 Å². The Morgan fingerprint density at radius 1 is 1.17 bits per heavy atom. The molecule has 90 valence electrons. The maximum absolute atomic E-state index is 13.5. The van der Waals surface area contributed by atoms with Crippen LogP contribution in [0.5, 0.6) is 0 Å². The van der Waals surface area contributed by atoms with E-state index in [1.807, 2.05) is 31.2 Å². The normalized spacial score (nSPS) is 11.6. The van der Waals surface area contributed by atoms with E-state index in [9.17, 15) is 9.65 Å². The highest BCUT2D eigenvalue weighted by Gasteiger charge is 2.12. The largest absolute Gasteiger partial charge is 0.364 e. The molecule has 0 saturated carbocycles. The number of hydrogen-bond donors (Lipinski definition) is 1. The fourth-order valence-corrected chi connectivity index (χ4v) is 1.77. The van der Waals surface area contributed by atoms with Gasteiger partial charge in [-0.2, -0.15) is 5.26 Å². The van der Waals surface area contributed by atoms with Crippen molar-refractivity contribution in [1.29, 1.82) is 5.26 Å². The lowest BCUT2D eigenvalue weighted by atomic mass is 10.1. The Hall–Kier alpha value is -2.34. The number of rotatable bonds is 3. The SMILES string of the molecule is Cc1cccc(C(C#N)Nc2ccccc2F)c1. The highest BCUT2D eigenvalue weighted by atomic mass is 19.1. The Morgan fingerprint density at radius 2 is 1.94 bits per heavy atom. The topological polar surface area (TPSA) is 35.8 Å². The zero-order valence-corrected chi connectivity index (χ0v) is 10.0. The molecule has 0 aliphatic carbocycles. The first-order valence-electron chi connectivity index (χ1n) is 5.68. The average molecular weight is 240 g/mol. The first-order valence-corrected chi connectivity index (χ1v) is 5.68. The molecule has 0 aromatic heterocycles. The highest BCUT2D eigenvalue weighted by Crippen LogP contribution is 2.21. The fraction of sp³-hybridized carbons (Fsp3) is 0.133. The molecule has 0 bridgehead atoms. The minimum absolute atomic E-state index is 0.338. The molecule has 2 aromatic rings. The number of halogens is 1. The highest BCUT2D eigenvalue weighted by molar-refractivity contribution is 5.48. The molecule has 0 aliphatic heterocycles. The van der Waals surface area contributed by atoms with E-state index in [0.29, 0.717) is 5.69 Å². The second-order valence-electron chi connectivity index (χ2n) is 4.10. The summed E-state index contributed by atoms with van der Waals surface area (Å²) >= 11 is 0. The van der Waals surface area contributed by atoms with Crippen molar-refractivity contribution in [3.63, 3.8) is 0 Å². The molecule has 18 heavy (non-hydrogen) atoms. The van der Waals surface area contributed by atoms with Gasteiger partial charge in [0.15, 0.2) is 0 Å². The van der Waals surface area contributed by atoms with Gasteiger partial charge in [0.1, 0.15) is 11.9 Å². The van der Waals surface area contributed by atoms with Crippen molar-refractivity contribution in [1.82, 2.24) is 0 Å². The molecule has 0 aliphatic rings. The quantitative estimate of drug-likeness (QED) is 0.885. The molecule has 0 radical (unpaired) electrons. The predicted octanol–water partition coefficient (Wildman–Crippen LogP) is 3.81. The Kier molecular flexibility index (Phi) is 3.59. The molecule has 0 heterocycles. The Morgan fingerprint density at radius 3 is 2.61 bits per heavy atom. The van der Waals surface area contributed by atoms with Crippen molar-refractivity contribution in [2.45, 2.75) is 13.0 Å². The van der Waals surface area contributed by atoms with E-state index in [4.69, 9.17) is 0 Å². The van der Waals surface area contributed by atoms with Crippen LogP contribution in [-0.4, -0.2) is 0 Å². The Balaban J connectivity index is 2.26. The molecular formula is C15H13FN2. The number of aryl methyl sites for hydroxylation is 1. The molecule has 2 nitrogen and oxygen atoms in total. The smallest absolute Gasteiger partial charge is 0.146 e. The van der Waals surface area contributed by atoms with Crippen molar-refractivity contribution in [2.24, 2.45) is 0 Å². The van der Waals surface area contributed by atoms with Crippen molar-refractivity contribution in [3.8, 4) is 6.07 Å². The van der Waals surface area contributed by atoms with Gasteiger partial charge < -0.3 is 5.32 Å². The van der Waals surface area contributed by atoms with Gasteiger partial charge in [0.2, 0.25) is 0 Å². The molecule has 2 aromatic carbocycles. The number of benzene rings is 2. The van der Waals surface area contributed by atoms with Crippen LogP contribution in [0, 0.1) is 24.1 Å². The Bertz CT molecular complexity index is 587. The zero-order valence-electron chi connectivity index (χ0n) is 10.0. The summed E-state index contributed by atoms with van der Waals surface area (Å²) in [5.74, 6) is -0.356. The van der Waals surface area contributed by atoms with Crippen LogP contribution in [0.25, 0.3) is 0 Å². The minimum Gasteiger partial charge on any atom is -0.364 e. The molecule has 1 unspecified atom stereocenters. The summed E-state index contributed by atoms with van der Waals surface area (Å²) in [6.45, 7) is 1.96. The van der Waals surface area contributed by atoms with Gasteiger partial charge in [-0.05, 0) is 24.6 Å². The molecule has 1 atom stereocenters. The summed E-state index contributed by atoms with van der Waals surface area (Å²) in [6, 6.07) is 15.6. The molecule has 2 rings (SSSR count). The number of para-hydroxylation sites is 1. The zero-order chi connectivity index (χ0) is 13.0. The summed E-state index contributed by atoms with van der Waals surface area (Å²) in [5.41, 5.74) is 2.24. The summed E-state index contributed by atoms with van der Waals surface area (Å²) < 4.78 is 13.5. The van der Waals surface area contributed by atoms with Crippen molar-refractivity contribution in [3.05, 3.63) is 65.5 Å². The third-order valence-corrected chi connectivity index (χ3v) is 2.68. The van der Waals surface area contributed by atoms with Gasteiger partial charge in [-0.15, -0.1) is 0 Å². The summed E-state index contributed by atoms with van der Waals surface area (Å²) in [5, 5.41) is 12.1. The van der Waals surface area contributed by atoms with Gasteiger partial charge >= 0.3 is 0 Å². The number of anilines is 1. The second-order valence-corrected chi connectivity index (χ2v) is 4.10. The van der Waals surface area contributed by atoms with Crippen LogP contribution >= 0.6 is 0 Å². The minimum atomic E-state index is -0.554. The van der Waals surface area contributed by atoms with Crippen LogP contribution in [0.3, 0.4) is 0 Å². The monoisotopic (exact) mass is 240 g/mol. The lowest BCUT2D eigenvalue weighted by molar-refractivity contribution is 0.629. The summed E-state index contributed by atoms with van der Waals surface area (Å²) in [4.78, 5) is 0. The molecule has 1 N–H and O–H groups in total. The first-order chi connectivity index (χ1) is 8.70. The Labute approximate surface area is 106 Å². The number of nitriles is 1. The average Bonchev–Trinajstić information content (AvgIpc) is 2.38. The first kappa shape index (κ1) is 12.1. The maximum Gasteiger partial charge on any atom is 0.146 e. The van der Waals surface area contributed by atoms with Gasteiger partial charge in [0.05, 0.1) is 11.8 Å². The lowest BCUT2D eigenvalue weighted by Gasteiger charge is -2.14. The van der Waals surface area contributed by atoms with Gasteiger partial charge in [-0.3, -0.25) is 0 Å². The van der Waals surface area contributed by atoms with E-state index in [1.165, 1.54) is 6.07 Å². The molecule has 0 saturated heterocycles. The van der Waals surface area contributed by atoms with Crippen LogP contribution in [0.4, 0.5) is 10.1 Å². The van der Waals surface area contributed by atoms with E-state index in [-0.39, 0.29) is 5.82 Å². The fourth-order valence-electron chi connectivity index (χ4n) is 1.77. The summed E-state index contributed by atoms with van der Waals surface area (Å²) in [7, 11) is 0. The van der Waals surface area contributed by atoms with Crippen LogP contribution in [0.15, 0.2) is 48.5 Å². The summed E-state index contributed by atoms with van der Waals surface area (Å²) in [6.07, 6.45) is 0. The third-order valence-electron chi connectivity index (χ3n) is 2.68. The van der Waals surface area contributed by atoms with E-state index < -0.39 is 6.04 Å². The van der Waals surface area contributed by atoms with E-state index in [1.54, 1.807) is 18.2 Å². The molecule has 0 amide bonds. The van der Waals surface area contributed by atoms with Crippen LogP contribution in [-0.2, 0) is 0 Å². The predicted molar refractivity (Wildman–Crippen MR) is 69.6 cm³/mol. The number of hydrogen-bond acceptors (Lipinski definition) is 2. The standard InChI is InChI=1S/C15H13FN2/c1-11-5-4-6-12(9-11)15(10-17)18-14-8-3-2-7-13(14)16/h2-9,15,18H,1H3.